The highest BCUT2D eigenvalue weighted by atomic mass is 16.5. The van der Waals surface area contributed by atoms with Crippen molar-refractivity contribution in [1.82, 2.24) is 4.57 Å². The summed E-state index contributed by atoms with van der Waals surface area (Å²) in [6.45, 7) is 5.67. The Balaban J connectivity index is 2.02. The van der Waals surface area contributed by atoms with E-state index >= 15 is 0 Å². The van der Waals surface area contributed by atoms with Crippen molar-refractivity contribution >= 4 is 5.69 Å². The standard InChI is InChI=1S/C14H22N2O2/c1-3-13-9-11(7-8-18-13)15-12-5-6-14(17)16(4-2)10-12/h5-6,10-11,13,15H,3-4,7-9H2,1-2H3. The first-order valence-corrected chi connectivity index (χ1v) is 6.81. The largest absolute Gasteiger partial charge is 0.381 e. The van der Waals surface area contributed by atoms with Crippen molar-refractivity contribution < 1.29 is 4.74 Å². The summed E-state index contributed by atoms with van der Waals surface area (Å²) in [5.74, 6) is 0. The fourth-order valence-corrected chi connectivity index (χ4v) is 2.40. The lowest BCUT2D eigenvalue weighted by Gasteiger charge is -2.30. The molecule has 0 aliphatic carbocycles. The maximum absolute atomic E-state index is 11.5. The number of nitrogens with one attached hydrogen (secondary N) is 1. The lowest BCUT2D eigenvalue weighted by molar-refractivity contribution is 0.00925. The number of nitrogens with zero attached hydrogens (tertiary/aromatic N) is 1. The van der Waals surface area contributed by atoms with Crippen LogP contribution in [0.1, 0.15) is 33.1 Å². The van der Waals surface area contributed by atoms with Gasteiger partial charge in [-0.05, 0) is 32.3 Å². The molecule has 1 aromatic heterocycles. The van der Waals surface area contributed by atoms with Gasteiger partial charge in [-0.3, -0.25) is 4.79 Å². The van der Waals surface area contributed by atoms with E-state index in [0.717, 1.165) is 31.6 Å². The molecule has 0 aromatic carbocycles. The molecule has 100 valence electrons. The van der Waals surface area contributed by atoms with Crippen molar-refractivity contribution in [1.29, 1.82) is 0 Å². The molecular formula is C14H22N2O2. The third-order valence-electron chi connectivity index (χ3n) is 3.52. The summed E-state index contributed by atoms with van der Waals surface area (Å²) >= 11 is 0. The molecule has 2 rings (SSSR count). The molecule has 2 atom stereocenters. The number of hydrogen-bond acceptors (Lipinski definition) is 3. The van der Waals surface area contributed by atoms with E-state index in [2.05, 4.69) is 12.2 Å². The van der Waals surface area contributed by atoms with E-state index in [1.807, 2.05) is 19.2 Å². The van der Waals surface area contributed by atoms with Gasteiger partial charge in [-0.2, -0.15) is 0 Å². The number of pyridine rings is 1. The second kappa shape index (κ2) is 6.05. The zero-order valence-corrected chi connectivity index (χ0v) is 11.2. The van der Waals surface area contributed by atoms with E-state index < -0.39 is 0 Å². The van der Waals surface area contributed by atoms with Gasteiger partial charge in [0.05, 0.1) is 11.8 Å². The van der Waals surface area contributed by atoms with Crippen molar-refractivity contribution in [3.63, 3.8) is 0 Å². The minimum Gasteiger partial charge on any atom is -0.381 e. The van der Waals surface area contributed by atoms with Crippen molar-refractivity contribution in [3.05, 3.63) is 28.7 Å². The second-order valence-corrected chi connectivity index (χ2v) is 4.81. The quantitative estimate of drug-likeness (QED) is 0.891. The number of rotatable bonds is 4. The summed E-state index contributed by atoms with van der Waals surface area (Å²) in [4.78, 5) is 11.5. The number of aryl methyl sites for hydroxylation is 1. The highest BCUT2D eigenvalue weighted by Crippen LogP contribution is 2.19. The van der Waals surface area contributed by atoms with Crippen molar-refractivity contribution in [3.8, 4) is 0 Å². The van der Waals surface area contributed by atoms with Crippen LogP contribution in [0.25, 0.3) is 0 Å². The number of hydrogen-bond donors (Lipinski definition) is 1. The van der Waals surface area contributed by atoms with Crippen LogP contribution in [0.4, 0.5) is 5.69 Å². The summed E-state index contributed by atoms with van der Waals surface area (Å²) in [5.41, 5.74) is 1.08. The summed E-state index contributed by atoms with van der Waals surface area (Å²) in [5, 5.41) is 3.51. The van der Waals surface area contributed by atoms with Gasteiger partial charge >= 0.3 is 0 Å². The van der Waals surface area contributed by atoms with Crippen LogP contribution in [-0.4, -0.2) is 23.3 Å². The SMILES string of the molecule is CCC1CC(Nc2ccc(=O)n(CC)c2)CCO1. The zero-order valence-electron chi connectivity index (χ0n) is 11.2. The molecule has 1 aliphatic rings. The molecule has 2 unspecified atom stereocenters. The van der Waals surface area contributed by atoms with E-state index in [9.17, 15) is 4.79 Å². The van der Waals surface area contributed by atoms with Gasteiger partial charge in [-0.1, -0.05) is 6.92 Å². The third kappa shape index (κ3) is 3.13. The molecule has 2 heterocycles. The molecule has 18 heavy (non-hydrogen) atoms. The molecule has 1 N–H and O–H groups in total. The fraction of sp³-hybridized carbons (Fsp3) is 0.643. The van der Waals surface area contributed by atoms with Crippen LogP contribution < -0.4 is 10.9 Å². The Bertz CT molecular complexity index is 442. The molecule has 1 saturated heterocycles. The maximum atomic E-state index is 11.5. The Morgan fingerprint density at radius 3 is 3.00 bits per heavy atom. The molecule has 1 aliphatic heterocycles. The molecule has 4 nitrogen and oxygen atoms in total. The first-order chi connectivity index (χ1) is 8.72. The van der Waals surface area contributed by atoms with Crippen LogP contribution in [0.2, 0.25) is 0 Å². The van der Waals surface area contributed by atoms with E-state index in [4.69, 9.17) is 4.74 Å². The van der Waals surface area contributed by atoms with Gasteiger partial charge in [-0.25, -0.2) is 0 Å². The van der Waals surface area contributed by atoms with Crippen molar-refractivity contribution in [2.45, 2.75) is 51.8 Å². The molecule has 1 aromatic rings. The molecule has 0 amide bonds. The molecule has 0 spiro atoms. The zero-order chi connectivity index (χ0) is 13.0. The highest BCUT2D eigenvalue weighted by molar-refractivity contribution is 5.41. The number of ether oxygens (including phenoxy) is 1. The molecule has 4 heteroatoms. The lowest BCUT2D eigenvalue weighted by atomic mass is 10.0. The van der Waals surface area contributed by atoms with Gasteiger partial charge in [0.1, 0.15) is 0 Å². The Hall–Kier alpha value is -1.29. The summed E-state index contributed by atoms with van der Waals surface area (Å²) < 4.78 is 7.39. The summed E-state index contributed by atoms with van der Waals surface area (Å²) in [7, 11) is 0. The molecular weight excluding hydrogens is 228 g/mol. The van der Waals surface area contributed by atoms with Gasteiger partial charge < -0.3 is 14.6 Å². The van der Waals surface area contributed by atoms with Crippen molar-refractivity contribution in [2.24, 2.45) is 0 Å². The number of aromatic nitrogens is 1. The van der Waals surface area contributed by atoms with E-state index in [0.29, 0.717) is 18.7 Å². The molecule has 0 bridgehead atoms. The Kier molecular flexibility index (Phi) is 4.42. The smallest absolute Gasteiger partial charge is 0.250 e. The Morgan fingerprint density at radius 2 is 2.28 bits per heavy atom. The number of anilines is 1. The third-order valence-corrected chi connectivity index (χ3v) is 3.52. The normalized spacial score (nSPS) is 23.9. The predicted octanol–water partition coefficient (Wildman–Crippen LogP) is 2.24. The first-order valence-electron chi connectivity index (χ1n) is 6.81. The molecule has 0 saturated carbocycles. The van der Waals surface area contributed by atoms with Gasteiger partial charge in [0, 0.05) is 31.5 Å². The van der Waals surface area contributed by atoms with E-state index in [-0.39, 0.29) is 5.56 Å². The van der Waals surface area contributed by atoms with Gasteiger partial charge in [0.25, 0.3) is 5.56 Å². The van der Waals surface area contributed by atoms with E-state index in [1.165, 1.54) is 0 Å². The van der Waals surface area contributed by atoms with Crippen LogP contribution >= 0.6 is 0 Å². The molecule has 1 fully saturated rings. The summed E-state index contributed by atoms with van der Waals surface area (Å²) in [6, 6.07) is 3.94. The minimum atomic E-state index is 0.0569. The van der Waals surface area contributed by atoms with Crippen LogP contribution in [0.3, 0.4) is 0 Å². The Morgan fingerprint density at radius 1 is 1.44 bits per heavy atom. The summed E-state index contributed by atoms with van der Waals surface area (Å²) in [6.07, 6.45) is 5.41. The van der Waals surface area contributed by atoms with Crippen LogP contribution in [0.15, 0.2) is 23.1 Å². The van der Waals surface area contributed by atoms with E-state index in [1.54, 1.807) is 10.6 Å². The highest BCUT2D eigenvalue weighted by Gasteiger charge is 2.21. The first kappa shape index (κ1) is 13.1. The second-order valence-electron chi connectivity index (χ2n) is 4.81. The average molecular weight is 250 g/mol. The van der Waals surface area contributed by atoms with Crippen LogP contribution in [-0.2, 0) is 11.3 Å². The monoisotopic (exact) mass is 250 g/mol. The lowest BCUT2D eigenvalue weighted by Crippen LogP contribution is -2.34. The van der Waals surface area contributed by atoms with Crippen LogP contribution in [0, 0.1) is 0 Å². The van der Waals surface area contributed by atoms with Crippen LogP contribution in [0.5, 0.6) is 0 Å². The Labute approximate surface area is 108 Å². The molecule has 0 radical (unpaired) electrons. The van der Waals surface area contributed by atoms with Gasteiger partial charge in [0.15, 0.2) is 0 Å². The topological polar surface area (TPSA) is 43.3 Å². The van der Waals surface area contributed by atoms with Crippen molar-refractivity contribution in [2.75, 3.05) is 11.9 Å². The van der Waals surface area contributed by atoms with Gasteiger partial charge in [0.2, 0.25) is 0 Å². The maximum Gasteiger partial charge on any atom is 0.250 e. The van der Waals surface area contributed by atoms with Gasteiger partial charge in [-0.15, -0.1) is 0 Å². The average Bonchev–Trinajstić information content (AvgIpc) is 2.41. The fourth-order valence-electron chi connectivity index (χ4n) is 2.40. The predicted molar refractivity (Wildman–Crippen MR) is 73.1 cm³/mol. The minimum absolute atomic E-state index is 0.0569.